The summed E-state index contributed by atoms with van der Waals surface area (Å²) in [6, 6.07) is 4.01. The van der Waals surface area contributed by atoms with Crippen LogP contribution in [0.4, 0.5) is 5.69 Å². The Labute approximate surface area is 126 Å². The number of carboxylic acids is 1. The van der Waals surface area contributed by atoms with E-state index in [9.17, 15) is 19.5 Å². The number of halogens is 1. The SMILES string of the molecule is O=C([O-])c1ccc(N2C(=O)[C@@H]3CCCC[C@H]3C2=O)cc1Cl. The van der Waals surface area contributed by atoms with E-state index in [1.807, 2.05) is 0 Å². The number of benzene rings is 1. The van der Waals surface area contributed by atoms with Gasteiger partial charge in [-0.05, 0) is 31.0 Å². The van der Waals surface area contributed by atoms with E-state index in [-0.39, 0.29) is 34.2 Å². The summed E-state index contributed by atoms with van der Waals surface area (Å²) < 4.78 is 0. The molecular weight excluding hydrogens is 294 g/mol. The molecule has 0 spiro atoms. The molecular formula is C15H13ClNO4-. The lowest BCUT2D eigenvalue weighted by atomic mass is 9.81. The first kappa shape index (κ1) is 14.1. The number of fused-ring (bicyclic) bond motifs is 1. The number of carbonyl (C=O) groups is 3. The number of aromatic carboxylic acids is 1. The monoisotopic (exact) mass is 306 g/mol. The first-order chi connectivity index (χ1) is 10.0. The zero-order chi connectivity index (χ0) is 15.1. The smallest absolute Gasteiger partial charge is 0.237 e. The van der Waals surface area contributed by atoms with Crippen LogP contribution in [0.15, 0.2) is 18.2 Å². The van der Waals surface area contributed by atoms with E-state index in [1.54, 1.807) is 0 Å². The molecule has 1 saturated carbocycles. The molecule has 21 heavy (non-hydrogen) atoms. The number of nitrogens with zero attached hydrogens (tertiary/aromatic N) is 1. The van der Waals surface area contributed by atoms with Gasteiger partial charge in [0, 0.05) is 5.56 Å². The van der Waals surface area contributed by atoms with Crippen LogP contribution < -0.4 is 10.0 Å². The molecule has 0 bridgehead atoms. The Morgan fingerprint density at radius 2 is 1.71 bits per heavy atom. The van der Waals surface area contributed by atoms with Gasteiger partial charge in [-0.15, -0.1) is 0 Å². The summed E-state index contributed by atoms with van der Waals surface area (Å²) in [5, 5.41) is 10.8. The zero-order valence-electron chi connectivity index (χ0n) is 11.2. The molecule has 0 unspecified atom stereocenters. The zero-order valence-corrected chi connectivity index (χ0v) is 11.9. The third kappa shape index (κ3) is 2.21. The number of hydrogen-bond donors (Lipinski definition) is 0. The minimum atomic E-state index is -1.39. The molecule has 1 aromatic rings. The van der Waals surface area contributed by atoms with Crippen molar-refractivity contribution in [3.05, 3.63) is 28.8 Å². The second-order valence-electron chi connectivity index (χ2n) is 5.46. The average molecular weight is 307 g/mol. The van der Waals surface area contributed by atoms with Gasteiger partial charge in [-0.1, -0.05) is 24.4 Å². The third-order valence-electron chi connectivity index (χ3n) is 4.27. The van der Waals surface area contributed by atoms with E-state index in [4.69, 9.17) is 11.6 Å². The molecule has 2 amide bonds. The lowest BCUT2D eigenvalue weighted by Crippen LogP contribution is -2.31. The van der Waals surface area contributed by atoms with Crippen LogP contribution in [-0.4, -0.2) is 17.8 Å². The number of carbonyl (C=O) groups excluding carboxylic acids is 3. The number of hydrogen-bond acceptors (Lipinski definition) is 4. The van der Waals surface area contributed by atoms with Crippen LogP contribution in [0, 0.1) is 11.8 Å². The predicted octanol–water partition coefficient (Wildman–Crippen LogP) is 1.38. The van der Waals surface area contributed by atoms with Crippen LogP contribution >= 0.6 is 11.6 Å². The summed E-state index contributed by atoms with van der Waals surface area (Å²) in [7, 11) is 0. The molecule has 2 fully saturated rings. The first-order valence-corrected chi connectivity index (χ1v) is 7.27. The van der Waals surface area contributed by atoms with Gasteiger partial charge in [-0.3, -0.25) is 14.5 Å². The molecule has 1 aliphatic carbocycles. The van der Waals surface area contributed by atoms with Crippen molar-refractivity contribution < 1.29 is 19.5 Å². The molecule has 3 rings (SSSR count). The Bertz CT molecular complexity index is 619. The molecule has 0 aromatic heterocycles. The van der Waals surface area contributed by atoms with Crippen molar-refractivity contribution in [3.8, 4) is 0 Å². The van der Waals surface area contributed by atoms with E-state index in [0.717, 1.165) is 30.6 Å². The number of carboxylic acid groups (broad SMARTS) is 1. The molecule has 2 aliphatic rings. The number of anilines is 1. The standard InChI is InChI=1S/C15H14ClNO4/c16-12-7-8(5-6-11(12)15(20)21)17-13(18)9-3-1-2-4-10(9)14(17)19/h5-7,9-10H,1-4H2,(H,20,21)/p-1/t9-,10-/m1/s1. The average Bonchev–Trinajstić information content (AvgIpc) is 2.71. The summed E-state index contributed by atoms with van der Waals surface area (Å²) >= 11 is 5.88. The van der Waals surface area contributed by atoms with Crippen LogP contribution in [0.3, 0.4) is 0 Å². The number of imide groups is 1. The molecule has 0 N–H and O–H groups in total. The van der Waals surface area contributed by atoms with Gasteiger partial charge >= 0.3 is 0 Å². The maximum absolute atomic E-state index is 12.4. The quantitative estimate of drug-likeness (QED) is 0.773. The molecule has 1 saturated heterocycles. The normalized spacial score (nSPS) is 25.1. The van der Waals surface area contributed by atoms with Crippen molar-refractivity contribution in [2.75, 3.05) is 4.90 Å². The van der Waals surface area contributed by atoms with Gasteiger partial charge in [0.05, 0.1) is 28.5 Å². The van der Waals surface area contributed by atoms with Gasteiger partial charge in [0.1, 0.15) is 0 Å². The molecule has 1 aliphatic heterocycles. The van der Waals surface area contributed by atoms with E-state index in [2.05, 4.69) is 0 Å². The van der Waals surface area contributed by atoms with Crippen LogP contribution in [0.25, 0.3) is 0 Å². The minimum absolute atomic E-state index is 0.0389. The predicted molar refractivity (Wildman–Crippen MR) is 73.7 cm³/mol. The summed E-state index contributed by atoms with van der Waals surface area (Å²) in [5.74, 6) is -2.29. The highest BCUT2D eigenvalue weighted by molar-refractivity contribution is 6.34. The second-order valence-corrected chi connectivity index (χ2v) is 5.87. The van der Waals surface area contributed by atoms with Crippen molar-refractivity contribution in [1.82, 2.24) is 0 Å². The van der Waals surface area contributed by atoms with Gasteiger partial charge in [-0.2, -0.15) is 0 Å². The van der Waals surface area contributed by atoms with Gasteiger partial charge in [0.25, 0.3) is 0 Å². The fourth-order valence-electron chi connectivity index (χ4n) is 3.23. The summed E-state index contributed by atoms with van der Waals surface area (Å²) in [5.41, 5.74) is 0.173. The van der Waals surface area contributed by atoms with Crippen molar-refractivity contribution >= 4 is 35.1 Å². The molecule has 2 atom stereocenters. The fraction of sp³-hybridized carbons (Fsp3) is 0.400. The molecule has 110 valence electrons. The maximum Gasteiger partial charge on any atom is 0.237 e. The van der Waals surface area contributed by atoms with Crippen LogP contribution in [0.1, 0.15) is 36.0 Å². The Morgan fingerprint density at radius 1 is 1.14 bits per heavy atom. The highest BCUT2D eigenvalue weighted by atomic mass is 35.5. The van der Waals surface area contributed by atoms with E-state index in [0.29, 0.717) is 5.69 Å². The molecule has 6 heteroatoms. The summed E-state index contributed by atoms with van der Waals surface area (Å²) in [4.78, 5) is 36.8. The molecule has 1 aromatic carbocycles. The number of rotatable bonds is 2. The van der Waals surface area contributed by atoms with Crippen molar-refractivity contribution in [2.24, 2.45) is 11.8 Å². The van der Waals surface area contributed by atoms with Crippen LogP contribution in [0.5, 0.6) is 0 Å². The maximum atomic E-state index is 12.4. The lowest BCUT2D eigenvalue weighted by molar-refractivity contribution is -0.255. The van der Waals surface area contributed by atoms with Gasteiger partial charge in [0.15, 0.2) is 0 Å². The van der Waals surface area contributed by atoms with E-state index >= 15 is 0 Å². The highest BCUT2D eigenvalue weighted by Gasteiger charge is 2.48. The van der Waals surface area contributed by atoms with Crippen molar-refractivity contribution in [2.45, 2.75) is 25.7 Å². The summed E-state index contributed by atoms with van der Waals surface area (Å²) in [6.45, 7) is 0. The Hall–Kier alpha value is -1.88. The van der Waals surface area contributed by atoms with Gasteiger partial charge in [0.2, 0.25) is 11.8 Å². The Balaban J connectivity index is 1.97. The van der Waals surface area contributed by atoms with Crippen molar-refractivity contribution in [3.63, 3.8) is 0 Å². The first-order valence-electron chi connectivity index (χ1n) is 6.89. The Morgan fingerprint density at radius 3 is 2.19 bits per heavy atom. The number of amides is 2. The molecule has 5 nitrogen and oxygen atoms in total. The van der Waals surface area contributed by atoms with Crippen molar-refractivity contribution in [1.29, 1.82) is 0 Å². The third-order valence-corrected chi connectivity index (χ3v) is 4.58. The highest BCUT2D eigenvalue weighted by Crippen LogP contribution is 2.40. The van der Waals surface area contributed by atoms with E-state index in [1.165, 1.54) is 18.2 Å². The molecule has 0 radical (unpaired) electrons. The minimum Gasteiger partial charge on any atom is -0.545 e. The molecule has 1 heterocycles. The lowest BCUT2D eigenvalue weighted by Gasteiger charge is -2.19. The van der Waals surface area contributed by atoms with E-state index < -0.39 is 5.97 Å². The van der Waals surface area contributed by atoms with Gasteiger partial charge in [-0.25, -0.2) is 0 Å². The summed E-state index contributed by atoms with van der Waals surface area (Å²) in [6.07, 6.45) is 3.38. The van der Waals surface area contributed by atoms with Crippen LogP contribution in [0.2, 0.25) is 5.02 Å². The Kier molecular flexibility index (Phi) is 3.45. The topological polar surface area (TPSA) is 77.5 Å². The largest absolute Gasteiger partial charge is 0.545 e. The fourth-order valence-corrected chi connectivity index (χ4v) is 3.48. The van der Waals surface area contributed by atoms with Crippen LogP contribution in [-0.2, 0) is 9.59 Å². The van der Waals surface area contributed by atoms with Gasteiger partial charge < -0.3 is 9.90 Å². The second kappa shape index (κ2) is 5.15.